The zero-order valence-electron chi connectivity index (χ0n) is 30.0. The molecule has 0 bridgehead atoms. The van der Waals surface area contributed by atoms with Gasteiger partial charge in [-0.3, -0.25) is 9.97 Å². The predicted octanol–water partition coefficient (Wildman–Crippen LogP) is 7.45. The van der Waals surface area contributed by atoms with Crippen LogP contribution in [0.1, 0.15) is 82.9 Å². The number of aryl methyl sites for hydroxylation is 1. The Morgan fingerprint density at radius 2 is 1.84 bits per heavy atom. The summed E-state index contributed by atoms with van der Waals surface area (Å²) >= 11 is 1.82. The molecule has 3 aliphatic rings. The number of ether oxygens (including phenoxy) is 3. The smallest absolute Gasteiger partial charge is 0.230 e. The number of oxime groups is 1. The second-order valence-electron chi connectivity index (χ2n) is 14.4. The number of allylic oxidation sites excluding steroid dienone is 1. The molecule has 0 radical (unpaired) electrons. The molecule has 9 nitrogen and oxygen atoms in total. The Labute approximate surface area is 302 Å². The Bertz CT molecular complexity index is 1480. The Kier molecular flexibility index (Phi) is 13.6. The van der Waals surface area contributed by atoms with Crippen molar-refractivity contribution in [3.05, 3.63) is 85.0 Å². The van der Waals surface area contributed by atoms with Crippen LogP contribution in [0.4, 0.5) is 0 Å². The van der Waals surface area contributed by atoms with Crippen molar-refractivity contribution in [3.63, 3.8) is 0 Å². The van der Waals surface area contributed by atoms with Crippen LogP contribution in [0.2, 0.25) is 0 Å². The lowest BCUT2D eigenvalue weighted by atomic mass is 9.56. The van der Waals surface area contributed by atoms with Gasteiger partial charge in [0.1, 0.15) is 23.7 Å². The minimum Gasteiger partial charge on any atom is -0.490 e. The molecule has 1 saturated carbocycles. The van der Waals surface area contributed by atoms with Gasteiger partial charge in [-0.15, -0.1) is 6.58 Å². The van der Waals surface area contributed by atoms with Gasteiger partial charge < -0.3 is 29.3 Å². The molecule has 2 aliphatic carbocycles. The Morgan fingerprint density at radius 1 is 1.06 bits per heavy atom. The Morgan fingerprint density at radius 3 is 2.54 bits per heavy atom. The van der Waals surface area contributed by atoms with Crippen molar-refractivity contribution >= 4 is 17.5 Å². The number of aliphatic hydroxyl groups excluding tert-OH is 2. The average Bonchev–Trinajstić information content (AvgIpc) is 3.11. The molecule has 1 fully saturated rings. The second-order valence-corrected chi connectivity index (χ2v) is 15.7. The first-order chi connectivity index (χ1) is 24.2. The molecule has 1 aliphatic heterocycles. The number of fused-ring (bicyclic) bond motifs is 2. The lowest BCUT2D eigenvalue weighted by Gasteiger charge is -2.58. The highest BCUT2D eigenvalue weighted by molar-refractivity contribution is 8.00. The summed E-state index contributed by atoms with van der Waals surface area (Å²) in [5, 5.41) is 24.3. The Balaban J connectivity index is 1.69. The molecule has 0 saturated heterocycles. The summed E-state index contributed by atoms with van der Waals surface area (Å²) in [5.41, 5.74) is 3.61. The first-order valence-corrected chi connectivity index (χ1v) is 19.2. The summed E-state index contributed by atoms with van der Waals surface area (Å²) in [5.74, 6) is 1.61. The first-order valence-electron chi connectivity index (χ1n) is 18.1. The van der Waals surface area contributed by atoms with E-state index in [4.69, 9.17) is 24.2 Å². The highest BCUT2D eigenvalue weighted by atomic mass is 32.2. The molecular formula is C40H55N3O6S. The lowest BCUT2D eigenvalue weighted by molar-refractivity contribution is -0.223. The molecular weight excluding hydrogens is 651 g/mol. The van der Waals surface area contributed by atoms with Gasteiger partial charge in [0.25, 0.3) is 0 Å². The third kappa shape index (κ3) is 8.99. The van der Waals surface area contributed by atoms with Crippen molar-refractivity contribution in [1.29, 1.82) is 0 Å². The van der Waals surface area contributed by atoms with Crippen molar-refractivity contribution in [2.45, 2.75) is 94.7 Å². The van der Waals surface area contributed by atoms with E-state index in [1.165, 1.54) is 0 Å². The van der Waals surface area contributed by atoms with Gasteiger partial charge in [-0.05, 0) is 87.8 Å². The fourth-order valence-corrected chi connectivity index (χ4v) is 9.06. The van der Waals surface area contributed by atoms with E-state index in [1.54, 1.807) is 24.5 Å². The van der Waals surface area contributed by atoms with Crippen LogP contribution in [0.5, 0.6) is 11.5 Å². The van der Waals surface area contributed by atoms with Gasteiger partial charge in [-0.2, -0.15) is 11.8 Å². The van der Waals surface area contributed by atoms with Gasteiger partial charge in [0.05, 0.1) is 29.2 Å². The molecule has 6 unspecified atom stereocenters. The third-order valence-corrected chi connectivity index (χ3v) is 11.0. The summed E-state index contributed by atoms with van der Waals surface area (Å²) in [6.45, 7) is 15.0. The van der Waals surface area contributed by atoms with Gasteiger partial charge in [0.2, 0.25) is 5.79 Å². The lowest BCUT2D eigenvalue weighted by Crippen LogP contribution is -2.64. The van der Waals surface area contributed by atoms with Gasteiger partial charge in [-0.25, -0.2) is 0 Å². The van der Waals surface area contributed by atoms with E-state index in [-0.39, 0.29) is 42.1 Å². The van der Waals surface area contributed by atoms with Crippen molar-refractivity contribution < 1.29 is 29.3 Å². The Hall–Kier alpha value is -3.18. The highest BCUT2D eigenvalue weighted by Gasteiger charge is 2.64. The molecule has 6 atom stereocenters. The van der Waals surface area contributed by atoms with Crippen LogP contribution in [0.15, 0.2) is 78.9 Å². The normalized spacial score (nSPS) is 26.3. The fourth-order valence-electron chi connectivity index (χ4n) is 7.68. The standard InChI is InChI=1S/C40H55N3O6S/c1-6-21-46-30-14-15-35-33(25-30)37-31(13-9-11-20-45)28(12-8-10-19-44)24-32-34(43-49-39(3,4)5)26-36(40(48-35,38(32)37)47-22-7-2)50-23-16-29-27-41-17-18-42-29/h6-7,14-15,17-18,24-25,27-28,31,36-38,44-45H,1-2,8-13,16,19-23,26H2,3-5H3. The first kappa shape index (κ1) is 38.1. The second kappa shape index (κ2) is 17.8. The van der Waals surface area contributed by atoms with Crippen molar-refractivity contribution in [2.75, 3.05) is 32.2 Å². The number of hydrogen-bond donors (Lipinski definition) is 2. The minimum absolute atomic E-state index is 0.0110. The highest BCUT2D eigenvalue weighted by Crippen LogP contribution is 2.62. The van der Waals surface area contributed by atoms with E-state index in [2.05, 4.69) is 35.3 Å². The fraction of sp³-hybridized carbons (Fsp3) is 0.575. The third-order valence-electron chi connectivity index (χ3n) is 9.71. The van der Waals surface area contributed by atoms with Crippen LogP contribution in [-0.4, -0.2) is 74.7 Å². The van der Waals surface area contributed by atoms with Crippen LogP contribution in [-0.2, 0) is 16.0 Å². The number of aliphatic hydroxyl groups is 2. The molecule has 50 heavy (non-hydrogen) atoms. The topological polar surface area (TPSA) is 116 Å². The maximum atomic E-state index is 9.82. The number of hydrogen-bond acceptors (Lipinski definition) is 10. The number of benzene rings is 1. The summed E-state index contributed by atoms with van der Waals surface area (Å²) in [6, 6.07) is 6.13. The van der Waals surface area contributed by atoms with Gasteiger partial charge in [0.15, 0.2) is 0 Å². The van der Waals surface area contributed by atoms with Crippen LogP contribution in [0.25, 0.3) is 0 Å². The van der Waals surface area contributed by atoms with Crippen LogP contribution < -0.4 is 9.47 Å². The van der Waals surface area contributed by atoms with E-state index in [1.807, 2.05) is 50.9 Å². The van der Waals surface area contributed by atoms with Gasteiger partial charge >= 0.3 is 0 Å². The van der Waals surface area contributed by atoms with Crippen LogP contribution in [0, 0.1) is 17.8 Å². The average molecular weight is 706 g/mol. The van der Waals surface area contributed by atoms with E-state index >= 15 is 0 Å². The van der Waals surface area contributed by atoms with E-state index in [0.717, 1.165) is 84.7 Å². The summed E-state index contributed by atoms with van der Waals surface area (Å²) in [6.07, 6.45) is 17.7. The van der Waals surface area contributed by atoms with Gasteiger partial charge in [-0.1, -0.05) is 42.8 Å². The zero-order chi connectivity index (χ0) is 35.6. The summed E-state index contributed by atoms with van der Waals surface area (Å²) < 4.78 is 20.3. The molecule has 10 heteroatoms. The number of unbranched alkanes of at least 4 members (excludes halogenated alkanes) is 2. The van der Waals surface area contributed by atoms with Gasteiger partial charge in [0, 0.05) is 56.1 Å². The van der Waals surface area contributed by atoms with Crippen molar-refractivity contribution in [2.24, 2.45) is 22.9 Å². The number of aromatic nitrogens is 2. The van der Waals surface area contributed by atoms with Crippen LogP contribution >= 0.6 is 11.8 Å². The van der Waals surface area contributed by atoms with E-state index in [0.29, 0.717) is 19.6 Å². The predicted molar refractivity (Wildman–Crippen MR) is 200 cm³/mol. The quantitative estimate of drug-likeness (QED) is 0.0874. The van der Waals surface area contributed by atoms with Crippen LogP contribution in [0.3, 0.4) is 0 Å². The zero-order valence-corrected chi connectivity index (χ0v) is 30.8. The SMILES string of the molecule is C=CCOc1ccc2c(c1)C1C(CCCCO)C(CCCCO)C=C3C(=NOC(C)(C)C)CC(SCCc4cnccn4)C(OCC=C)(O2)C31. The molecule has 1 aromatic carbocycles. The molecule has 2 aromatic rings. The molecule has 5 rings (SSSR count). The van der Waals surface area contributed by atoms with E-state index < -0.39 is 11.4 Å². The molecule has 272 valence electrons. The molecule has 0 spiro atoms. The van der Waals surface area contributed by atoms with Crippen molar-refractivity contribution in [3.8, 4) is 11.5 Å². The molecule has 0 amide bonds. The molecule has 2 N–H and O–H groups in total. The maximum absolute atomic E-state index is 9.82. The molecule has 1 aromatic heterocycles. The summed E-state index contributed by atoms with van der Waals surface area (Å²) in [7, 11) is 0. The number of rotatable bonds is 19. The number of thioether (sulfide) groups is 1. The van der Waals surface area contributed by atoms with Crippen molar-refractivity contribution in [1.82, 2.24) is 9.97 Å². The minimum atomic E-state index is -1.01. The maximum Gasteiger partial charge on any atom is 0.230 e. The monoisotopic (exact) mass is 705 g/mol. The summed E-state index contributed by atoms with van der Waals surface area (Å²) in [4.78, 5) is 15.0. The molecule has 2 heterocycles. The van der Waals surface area contributed by atoms with E-state index in [9.17, 15) is 10.2 Å². The largest absolute Gasteiger partial charge is 0.490 e. The number of nitrogens with zero attached hydrogens (tertiary/aromatic N) is 3.